The zero-order valence-electron chi connectivity index (χ0n) is 34.1. The molecule has 0 aromatic carbocycles. The van der Waals surface area contributed by atoms with E-state index in [9.17, 15) is 38.7 Å². The van der Waals surface area contributed by atoms with E-state index in [2.05, 4.69) is 31.6 Å². The quantitative estimate of drug-likeness (QED) is 0.0368. The van der Waals surface area contributed by atoms with Gasteiger partial charge in [0.15, 0.2) is 5.96 Å². The van der Waals surface area contributed by atoms with E-state index in [0.717, 1.165) is 0 Å². The molecule has 0 unspecified atom stereocenters. The predicted octanol–water partition coefficient (Wildman–Crippen LogP) is -0.319. The Morgan fingerprint density at radius 3 is 1.80 bits per heavy atom. The second kappa shape index (κ2) is 23.4. The van der Waals surface area contributed by atoms with Crippen LogP contribution in [0, 0.1) is 23.7 Å². The largest absolute Gasteiger partial charge is 0.480 e. The smallest absolute Gasteiger partial charge is 0.326 e. The summed E-state index contributed by atoms with van der Waals surface area (Å²) in [5.74, 6) is -5.08. The lowest BCUT2D eigenvalue weighted by atomic mass is 9.99. The van der Waals surface area contributed by atoms with E-state index in [1.807, 2.05) is 41.5 Å². The first-order chi connectivity index (χ1) is 25.5. The van der Waals surface area contributed by atoms with Gasteiger partial charge in [-0.2, -0.15) is 0 Å². The Balaban J connectivity index is 3.22. The number of amides is 6. The van der Waals surface area contributed by atoms with E-state index in [4.69, 9.17) is 17.2 Å². The van der Waals surface area contributed by atoms with Crippen LogP contribution in [0.5, 0.6) is 0 Å². The van der Waals surface area contributed by atoms with Crippen LogP contribution in [-0.2, 0) is 33.6 Å². The summed E-state index contributed by atoms with van der Waals surface area (Å²) in [4.78, 5) is 97.8. The Morgan fingerprint density at radius 2 is 1.27 bits per heavy atom. The van der Waals surface area contributed by atoms with Crippen LogP contribution in [0.2, 0.25) is 0 Å². The lowest BCUT2D eigenvalue weighted by molar-refractivity contribution is -0.143. The molecule has 1 aliphatic rings. The van der Waals surface area contributed by atoms with Gasteiger partial charge in [0.05, 0.1) is 6.04 Å². The summed E-state index contributed by atoms with van der Waals surface area (Å²) in [6, 6.07) is -7.19. The molecule has 0 aliphatic carbocycles. The summed E-state index contributed by atoms with van der Waals surface area (Å²) in [7, 11) is 0. The number of nitrogens with two attached hydrogens (primary N) is 3. The van der Waals surface area contributed by atoms with Crippen molar-refractivity contribution in [3.63, 3.8) is 0 Å². The van der Waals surface area contributed by atoms with E-state index >= 15 is 0 Å². The van der Waals surface area contributed by atoms with Gasteiger partial charge in [-0.1, -0.05) is 55.4 Å². The van der Waals surface area contributed by atoms with Crippen molar-refractivity contribution in [2.45, 2.75) is 150 Å². The molecule has 7 atom stereocenters. The summed E-state index contributed by atoms with van der Waals surface area (Å²) < 4.78 is 0. The third kappa shape index (κ3) is 17.2. The molecule has 1 saturated heterocycles. The summed E-state index contributed by atoms with van der Waals surface area (Å²) in [6.07, 6.45) is 2.04. The molecule has 12 N–H and O–H groups in total. The van der Waals surface area contributed by atoms with Gasteiger partial charge in [-0.3, -0.25) is 33.8 Å². The molecule has 18 heteroatoms. The summed E-state index contributed by atoms with van der Waals surface area (Å²) in [5.41, 5.74) is 17.0. The average Bonchev–Trinajstić information content (AvgIpc) is 3.56. The van der Waals surface area contributed by atoms with E-state index < -0.39 is 83.7 Å². The van der Waals surface area contributed by atoms with Crippen LogP contribution >= 0.6 is 0 Å². The minimum atomic E-state index is -1.19. The number of carbonyl (C=O) groups excluding carboxylic acids is 6. The molecule has 1 rings (SSSR count). The number of nitrogens with one attached hydrogen (secondary N) is 5. The first kappa shape index (κ1) is 48.5. The fourth-order valence-electron chi connectivity index (χ4n) is 6.28. The van der Waals surface area contributed by atoms with Crippen LogP contribution in [0.4, 0.5) is 0 Å². The van der Waals surface area contributed by atoms with Gasteiger partial charge in [-0.15, -0.1) is 0 Å². The van der Waals surface area contributed by atoms with Gasteiger partial charge in [0.1, 0.15) is 36.3 Å². The Hall–Kier alpha value is -4.48. The average molecular weight is 781 g/mol. The highest BCUT2D eigenvalue weighted by Gasteiger charge is 2.40. The van der Waals surface area contributed by atoms with Gasteiger partial charge in [-0.05, 0) is 75.5 Å². The number of hydrogen-bond donors (Lipinski definition) is 9. The lowest BCUT2D eigenvalue weighted by Gasteiger charge is -2.31. The minimum absolute atomic E-state index is 0.00119. The molecular formula is C37H68N10O8. The first-order valence-electron chi connectivity index (χ1n) is 19.4. The van der Waals surface area contributed by atoms with Gasteiger partial charge >= 0.3 is 5.97 Å². The van der Waals surface area contributed by atoms with Gasteiger partial charge in [-0.25, -0.2) is 4.79 Å². The minimum Gasteiger partial charge on any atom is -0.480 e. The Kier molecular flexibility index (Phi) is 20.7. The van der Waals surface area contributed by atoms with Gasteiger partial charge in [0.2, 0.25) is 35.4 Å². The number of carbonyl (C=O) groups is 7. The highest BCUT2D eigenvalue weighted by Crippen LogP contribution is 2.21. The van der Waals surface area contributed by atoms with Crippen molar-refractivity contribution < 1.29 is 38.7 Å². The van der Waals surface area contributed by atoms with E-state index in [1.165, 1.54) is 11.8 Å². The molecule has 18 nitrogen and oxygen atoms in total. The molecule has 0 aromatic heterocycles. The van der Waals surface area contributed by atoms with Crippen molar-refractivity contribution in [2.75, 3.05) is 13.1 Å². The van der Waals surface area contributed by atoms with E-state index in [0.29, 0.717) is 25.7 Å². The second-order valence-electron chi connectivity index (χ2n) is 16.1. The molecule has 6 amide bonds. The fourth-order valence-corrected chi connectivity index (χ4v) is 6.28. The Labute approximate surface area is 325 Å². The lowest BCUT2D eigenvalue weighted by Crippen LogP contribution is -2.60. The monoisotopic (exact) mass is 781 g/mol. The van der Waals surface area contributed by atoms with Crippen LogP contribution < -0.4 is 43.8 Å². The third-order valence-corrected chi connectivity index (χ3v) is 9.12. The van der Waals surface area contributed by atoms with E-state index in [1.54, 1.807) is 13.8 Å². The molecule has 314 valence electrons. The van der Waals surface area contributed by atoms with Crippen molar-refractivity contribution in [1.29, 1.82) is 0 Å². The normalized spacial score (nSPS) is 17.5. The molecule has 0 bridgehead atoms. The summed E-state index contributed by atoms with van der Waals surface area (Å²) >= 11 is 0. The van der Waals surface area contributed by atoms with Crippen LogP contribution in [0.1, 0.15) is 107 Å². The molecule has 0 radical (unpaired) electrons. The molecule has 0 aromatic rings. The molecule has 1 fully saturated rings. The zero-order chi connectivity index (χ0) is 42.2. The Bertz CT molecular complexity index is 1350. The number of aliphatic imine (C=N–C) groups is 1. The van der Waals surface area contributed by atoms with Crippen molar-refractivity contribution in [1.82, 2.24) is 31.5 Å². The number of likely N-dealkylation sites (tertiary alicyclic amines) is 1. The molecule has 55 heavy (non-hydrogen) atoms. The second-order valence-corrected chi connectivity index (χ2v) is 16.1. The Morgan fingerprint density at radius 1 is 0.709 bits per heavy atom. The fraction of sp³-hybridized carbons (Fsp3) is 0.784. The summed E-state index contributed by atoms with van der Waals surface area (Å²) in [6.45, 7) is 16.6. The van der Waals surface area contributed by atoms with Crippen molar-refractivity contribution in [2.24, 2.45) is 45.9 Å². The van der Waals surface area contributed by atoms with Gasteiger partial charge in [0.25, 0.3) is 0 Å². The van der Waals surface area contributed by atoms with Crippen LogP contribution in [-0.4, -0.2) is 113 Å². The SMILES string of the molecule is CC(C)C[C@H](NC(=O)[C@H](C)NC(=O)[C@H](CC(C)C)NC(=O)[C@@H]1CCCN1C(=O)[C@H](CCCN=C(N)N)NC(=O)[C@@H](NC(=O)[C@@H](N)CC(C)C)C(C)C)C(=O)O. The predicted molar refractivity (Wildman–Crippen MR) is 209 cm³/mol. The van der Waals surface area contributed by atoms with Crippen molar-refractivity contribution in [3.8, 4) is 0 Å². The highest BCUT2D eigenvalue weighted by molar-refractivity contribution is 5.97. The molecule has 0 saturated carbocycles. The highest BCUT2D eigenvalue weighted by atomic mass is 16.4. The molecule has 1 heterocycles. The molecular weight excluding hydrogens is 712 g/mol. The summed E-state index contributed by atoms with van der Waals surface area (Å²) in [5, 5.41) is 22.8. The maximum Gasteiger partial charge on any atom is 0.326 e. The number of nitrogens with zero attached hydrogens (tertiary/aromatic N) is 2. The van der Waals surface area contributed by atoms with Crippen LogP contribution in [0.15, 0.2) is 4.99 Å². The van der Waals surface area contributed by atoms with Gasteiger partial charge in [0, 0.05) is 13.1 Å². The number of hydrogen-bond acceptors (Lipinski definition) is 9. The number of carboxylic acids is 1. The number of guanidine groups is 1. The molecule has 1 aliphatic heterocycles. The van der Waals surface area contributed by atoms with Crippen LogP contribution in [0.3, 0.4) is 0 Å². The maximum absolute atomic E-state index is 14.2. The van der Waals surface area contributed by atoms with Crippen molar-refractivity contribution >= 4 is 47.4 Å². The number of carboxylic acid groups (broad SMARTS) is 1. The zero-order valence-corrected chi connectivity index (χ0v) is 34.1. The number of aliphatic carboxylic acids is 1. The van der Waals surface area contributed by atoms with E-state index in [-0.39, 0.29) is 62.0 Å². The topological polar surface area (TPSA) is 294 Å². The first-order valence-corrected chi connectivity index (χ1v) is 19.4. The maximum atomic E-state index is 14.2. The van der Waals surface area contributed by atoms with Crippen LogP contribution in [0.25, 0.3) is 0 Å². The third-order valence-electron chi connectivity index (χ3n) is 9.12. The standard InChI is InChI=1S/C37H68N10O8/c1-19(2)16-24(38)31(49)46-29(22(7)8)34(52)43-25(12-10-14-41-37(39)40)35(53)47-15-11-13-28(47)33(51)44-26(17-20(3)4)32(50)42-23(9)30(48)45-27(36(54)55)18-21(5)6/h19-29H,10-18,38H2,1-9H3,(H,42,50)(H,43,52)(H,44,51)(H,45,48)(H,46,49)(H,54,55)(H4,39,40,41)/t23-,24-,25-,26-,27-,28-,29-/m0/s1. The molecule has 0 spiro atoms. The number of rotatable bonds is 23. The van der Waals surface area contributed by atoms with Crippen molar-refractivity contribution in [3.05, 3.63) is 0 Å². The van der Waals surface area contributed by atoms with Gasteiger partial charge < -0.3 is 53.8 Å².